The summed E-state index contributed by atoms with van der Waals surface area (Å²) in [5.74, 6) is -1.16. The van der Waals surface area contributed by atoms with Crippen LogP contribution >= 0.6 is 11.6 Å². The van der Waals surface area contributed by atoms with Crippen molar-refractivity contribution in [1.29, 1.82) is 0 Å². The average Bonchev–Trinajstić information content (AvgIpc) is 2.53. The van der Waals surface area contributed by atoms with Gasteiger partial charge in [0, 0.05) is 11.1 Å². The Balaban J connectivity index is 2.13. The molecule has 1 unspecified atom stereocenters. The third-order valence-corrected chi connectivity index (χ3v) is 5.58. The number of nitrogens with zero attached hydrogens (tertiary/aromatic N) is 1. The van der Waals surface area contributed by atoms with Crippen molar-refractivity contribution in [3.05, 3.63) is 46.5 Å². The van der Waals surface area contributed by atoms with Crippen molar-refractivity contribution in [2.75, 3.05) is 13.1 Å². The highest BCUT2D eigenvalue weighted by atomic mass is 35.5. The Morgan fingerprint density at radius 2 is 1.69 bits per heavy atom. The summed E-state index contributed by atoms with van der Waals surface area (Å²) in [5, 5.41) is 0.708. The minimum absolute atomic E-state index is 0.0952. The first-order chi connectivity index (χ1) is 12.0. The number of halogens is 4. The molecule has 0 aliphatic carbocycles. The molecule has 1 atom stereocenters. The monoisotopic (exact) mass is 387 g/mol. The van der Waals surface area contributed by atoms with Crippen molar-refractivity contribution in [3.63, 3.8) is 0 Å². The first-order valence-electron chi connectivity index (χ1n) is 9.21. The fourth-order valence-corrected chi connectivity index (χ4v) is 3.90. The molecule has 146 valence electrons. The van der Waals surface area contributed by atoms with Crippen molar-refractivity contribution in [3.8, 4) is 0 Å². The third kappa shape index (κ3) is 5.75. The zero-order chi connectivity index (χ0) is 19.5. The van der Waals surface area contributed by atoms with Crippen molar-refractivity contribution in [1.82, 2.24) is 4.90 Å². The highest BCUT2D eigenvalue weighted by molar-refractivity contribution is 6.30. The maximum absolute atomic E-state index is 13.0. The minimum Gasteiger partial charge on any atom is -0.297 e. The summed E-state index contributed by atoms with van der Waals surface area (Å²) in [6, 6.07) is 8.00. The molecular formula is C21H29ClF3N. The van der Waals surface area contributed by atoms with E-state index in [2.05, 4.69) is 24.8 Å². The second kappa shape index (κ2) is 8.35. The van der Waals surface area contributed by atoms with Crippen LogP contribution in [0, 0.1) is 5.92 Å². The third-order valence-electron chi connectivity index (χ3n) is 5.33. The fourth-order valence-electron chi connectivity index (χ4n) is 3.78. The topological polar surface area (TPSA) is 3.24 Å². The molecule has 0 aromatic heterocycles. The number of hydrogen-bond acceptors (Lipinski definition) is 1. The number of likely N-dealkylation sites (tertiary alicyclic amines) is 1. The van der Waals surface area contributed by atoms with Crippen LogP contribution < -0.4 is 0 Å². The van der Waals surface area contributed by atoms with Crippen LogP contribution in [0.25, 0.3) is 0 Å². The second-order valence-corrected chi connectivity index (χ2v) is 8.69. The largest absolute Gasteiger partial charge is 0.391 e. The van der Waals surface area contributed by atoms with Crippen molar-refractivity contribution >= 4 is 11.6 Å². The molecule has 1 aromatic rings. The summed E-state index contributed by atoms with van der Waals surface area (Å²) in [7, 11) is 0. The number of allylic oxidation sites excluding steroid dienone is 1. The number of piperidine rings is 1. The predicted molar refractivity (Wildman–Crippen MR) is 103 cm³/mol. The van der Waals surface area contributed by atoms with E-state index in [-0.39, 0.29) is 24.3 Å². The van der Waals surface area contributed by atoms with Crippen LogP contribution in [0.1, 0.15) is 52.5 Å². The zero-order valence-corrected chi connectivity index (χ0v) is 16.8. The van der Waals surface area contributed by atoms with E-state index in [1.165, 1.54) is 11.1 Å². The molecule has 0 radical (unpaired) electrons. The standard InChI is InChI=1S/C21H29ClF3N/c1-15(2)13-19(26-11-9-17(10-12-26)21(23,24)25)14-20(3,4)16-5-7-18(22)8-6-16/h5-8,13,17,19H,9-12,14H2,1-4H3. The normalized spacial score (nSPS) is 18.6. The van der Waals surface area contributed by atoms with Gasteiger partial charge < -0.3 is 0 Å². The highest BCUT2D eigenvalue weighted by Gasteiger charge is 2.42. The SMILES string of the molecule is CC(C)=CC(CC(C)(C)c1ccc(Cl)cc1)N1CCC(C(F)(F)F)CC1. The van der Waals surface area contributed by atoms with Crippen LogP contribution in [0.4, 0.5) is 13.2 Å². The Morgan fingerprint density at radius 1 is 1.15 bits per heavy atom. The lowest BCUT2D eigenvalue weighted by Gasteiger charge is -2.40. The number of alkyl halides is 3. The van der Waals surface area contributed by atoms with Gasteiger partial charge in [-0.1, -0.05) is 49.2 Å². The second-order valence-electron chi connectivity index (χ2n) is 8.26. The van der Waals surface area contributed by atoms with Gasteiger partial charge in [0.25, 0.3) is 0 Å². The van der Waals surface area contributed by atoms with Crippen LogP contribution in [-0.2, 0) is 5.41 Å². The average molecular weight is 388 g/mol. The number of hydrogen-bond donors (Lipinski definition) is 0. The van der Waals surface area contributed by atoms with Crippen LogP contribution in [0.15, 0.2) is 35.9 Å². The Labute approximate surface area is 160 Å². The first kappa shape index (κ1) is 21.3. The molecular weight excluding hydrogens is 359 g/mol. The molecule has 0 N–H and O–H groups in total. The summed E-state index contributed by atoms with van der Waals surface area (Å²) < 4.78 is 38.9. The molecule has 1 heterocycles. The fraction of sp³-hybridized carbons (Fsp3) is 0.619. The van der Waals surface area contributed by atoms with Crippen LogP contribution in [0.2, 0.25) is 5.02 Å². The predicted octanol–water partition coefficient (Wildman–Crippen LogP) is 6.62. The number of benzene rings is 1. The molecule has 0 amide bonds. The Kier molecular flexibility index (Phi) is 6.84. The van der Waals surface area contributed by atoms with E-state index >= 15 is 0 Å². The first-order valence-corrected chi connectivity index (χ1v) is 9.58. The van der Waals surface area contributed by atoms with E-state index < -0.39 is 12.1 Å². The van der Waals surface area contributed by atoms with E-state index in [9.17, 15) is 13.2 Å². The van der Waals surface area contributed by atoms with Gasteiger partial charge in [0.2, 0.25) is 0 Å². The van der Waals surface area contributed by atoms with E-state index in [1.54, 1.807) is 0 Å². The lowest BCUT2D eigenvalue weighted by molar-refractivity contribution is -0.185. The molecule has 2 rings (SSSR count). The van der Waals surface area contributed by atoms with Gasteiger partial charge in [0.05, 0.1) is 5.92 Å². The van der Waals surface area contributed by atoms with E-state index in [1.807, 2.05) is 38.1 Å². The zero-order valence-electron chi connectivity index (χ0n) is 16.0. The Hall–Kier alpha value is -1.00. The molecule has 0 bridgehead atoms. The minimum atomic E-state index is -4.07. The molecule has 1 aliphatic rings. The van der Waals surface area contributed by atoms with E-state index in [0.29, 0.717) is 18.1 Å². The maximum Gasteiger partial charge on any atom is 0.391 e. The summed E-state index contributed by atoms with van der Waals surface area (Å²) in [5.41, 5.74) is 2.29. The van der Waals surface area contributed by atoms with E-state index in [0.717, 1.165) is 6.42 Å². The molecule has 1 fully saturated rings. The van der Waals surface area contributed by atoms with Crippen LogP contribution in [-0.4, -0.2) is 30.2 Å². The van der Waals surface area contributed by atoms with Gasteiger partial charge in [-0.25, -0.2) is 0 Å². The molecule has 1 aliphatic heterocycles. The number of rotatable bonds is 5. The molecule has 1 saturated heterocycles. The van der Waals surface area contributed by atoms with Crippen molar-refractivity contribution in [2.24, 2.45) is 5.92 Å². The van der Waals surface area contributed by atoms with Gasteiger partial charge in [-0.2, -0.15) is 13.2 Å². The Bertz CT molecular complexity index is 607. The summed E-state index contributed by atoms with van der Waals surface area (Å²) >= 11 is 6.00. The molecule has 26 heavy (non-hydrogen) atoms. The lowest BCUT2D eigenvalue weighted by Crippen LogP contribution is -2.45. The van der Waals surface area contributed by atoms with Gasteiger partial charge in [0.1, 0.15) is 0 Å². The van der Waals surface area contributed by atoms with Gasteiger partial charge in [-0.15, -0.1) is 0 Å². The highest BCUT2D eigenvalue weighted by Crippen LogP contribution is 2.37. The van der Waals surface area contributed by atoms with Crippen LogP contribution in [0.5, 0.6) is 0 Å². The summed E-state index contributed by atoms with van der Waals surface area (Å²) in [6.07, 6.45) is -0.626. The van der Waals surface area contributed by atoms with Crippen LogP contribution in [0.3, 0.4) is 0 Å². The molecule has 0 spiro atoms. The smallest absolute Gasteiger partial charge is 0.297 e. The summed E-state index contributed by atoms with van der Waals surface area (Å²) in [4.78, 5) is 2.22. The van der Waals surface area contributed by atoms with E-state index in [4.69, 9.17) is 11.6 Å². The van der Waals surface area contributed by atoms with Gasteiger partial charge in [-0.3, -0.25) is 4.90 Å². The molecule has 1 aromatic carbocycles. The molecule has 5 heteroatoms. The van der Waals surface area contributed by atoms with Gasteiger partial charge in [0.15, 0.2) is 0 Å². The maximum atomic E-state index is 13.0. The quantitative estimate of drug-likeness (QED) is 0.513. The Morgan fingerprint density at radius 3 is 2.15 bits per heavy atom. The van der Waals surface area contributed by atoms with Gasteiger partial charge >= 0.3 is 6.18 Å². The van der Waals surface area contributed by atoms with Crippen molar-refractivity contribution < 1.29 is 13.2 Å². The molecule has 0 saturated carbocycles. The molecule has 1 nitrogen and oxygen atoms in total. The van der Waals surface area contributed by atoms with Crippen molar-refractivity contribution in [2.45, 2.75) is 64.6 Å². The lowest BCUT2D eigenvalue weighted by atomic mass is 9.78. The summed E-state index contributed by atoms with van der Waals surface area (Å²) in [6.45, 7) is 9.45. The van der Waals surface area contributed by atoms with Gasteiger partial charge in [-0.05, 0) is 69.3 Å².